The van der Waals surface area contributed by atoms with Gasteiger partial charge in [0.2, 0.25) is 0 Å². The molecule has 0 aliphatic carbocycles. The van der Waals surface area contributed by atoms with Crippen LogP contribution in [-0.2, 0) is 0 Å². The van der Waals surface area contributed by atoms with E-state index in [2.05, 4.69) is 17.2 Å². The molecule has 1 heterocycles. The third-order valence-corrected chi connectivity index (χ3v) is 4.22. The third kappa shape index (κ3) is 4.33. The lowest BCUT2D eigenvalue weighted by atomic mass is 10.1. The summed E-state index contributed by atoms with van der Waals surface area (Å²) in [7, 11) is 0. The van der Waals surface area contributed by atoms with E-state index in [1.807, 2.05) is 19.1 Å². The van der Waals surface area contributed by atoms with Crippen molar-refractivity contribution in [2.24, 2.45) is 0 Å². The predicted molar refractivity (Wildman–Crippen MR) is 85.6 cm³/mol. The maximum atomic E-state index is 12.2. The van der Waals surface area contributed by atoms with Gasteiger partial charge < -0.3 is 10.4 Å². The average molecular weight is 320 g/mol. The topological polar surface area (TPSA) is 49.3 Å². The molecule has 0 saturated carbocycles. The van der Waals surface area contributed by atoms with Crippen molar-refractivity contribution in [3.05, 3.63) is 56.7 Å². The van der Waals surface area contributed by atoms with Gasteiger partial charge in [0.05, 0.1) is 10.4 Å². The number of benzene rings is 1. The van der Waals surface area contributed by atoms with Gasteiger partial charge in [0.25, 0.3) is 5.91 Å². The minimum absolute atomic E-state index is 0.109. The van der Waals surface area contributed by atoms with E-state index in [0.29, 0.717) is 15.5 Å². The van der Waals surface area contributed by atoms with Gasteiger partial charge in [-0.2, -0.15) is 0 Å². The van der Waals surface area contributed by atoms with Crippen LogP contribution in [0.5, 0.6) is 0 Å². The molecule has 2 N–H and O–H groups in total. The molecular formula is C16H14ClNO2S. The van der Waals surface area contributed by atoms with Crippen LogP contribution in [0.25, 0.3) is 0 Å². The molecule has 1 aromatic carbocycles. The highest BCUT2D eigenvalue weighted by Crippen LogP contribution is 2.26. The fourth-order valence-corrected chi connectivity index (χ4v) is 2.86. The van der Waals surface area contributed by atoms with Crippen molar-refractivity contribution in [1.82, 2.24) is 5.32 Å². The Balaban J connectivity index is 2.09. The molecule has 1 amide bonds. The summed E-state index contributed by atoms with van der Waals surface area (Å²) in [5, 5.41) is 11.6. The summed E-state index contributed by atoms with van der Waals surface area (Å²) in [5.74, 6) is 5.18. The molecule has 1 atom stereocenters. The number of amides is 1. The number of thiophene rings is 1. The predicted octanol–water partition coefficient (Wildman–Crippen LogP) is 3.24. The maximum absolute atomic E-state index is 12.2. The first-order chi connectivity index (χ1) is 10.1. The first-order valence-electron chi connectivity index (χ1n) is 6.36. The fourth-order valence-electron chi connectivity index (χ4n) is 1.79. The minimum Gasteiger partial charge on any atom is -0.384 e. The second-order valence-corrected chi connectivity index (χ2v) is 6.12. The molecular weight excluding hydrogens is 306 g/mol. The molecule has 0 spiro atoms. The Morgan fingerprint density at radius 2 is 2.24 bits per heavy atom. The second-order valence-electron chi connectivity index (χ2n) is 4.38. The smallest absolute Gasteiger partial charge is 0.251 e. The standard InChI is InChI=1S/C16H14ClNO2S/c1-11(14-7-8-15(17)21-14)18-16(20)13-6-2-4-12(10-13)5-3-9-19/h2,4,6-8,10-11,19H,9H2,1H3,(H,18,20). The number of carbonyl (C=O) groups is 1. The zero-order valence-corrected chi connectivity index (χ0v) is 13.0. The van der Waals surface area contributed by atoms with Crippen LogP contribution in [0.15, 0.2) is 36.4 Å². The summed E-state index contributed by atoms with van der Waals surface area (Å²) >= 11 is 7.35. The van der Waals surface area contributed by atoms with Gasteiger partial charge in [0, 0.05) is 16.0 Å². The zero-order chi connectivity index (χ0) is 15.2. The molecule has 3 nitrogen and oxygen atoms in total. The Kier molecular flexibility index (Phi) is 5.40. The summed E-state index contributed by atoms with van der Waals surface area (Å²) < 4.78 is 0.701. The lowest BCUT2D eigenvalue weighted by Gasteiger charge is -2.12. The fraction of sp³-hybridized carbons (Fsp3) is 0.188. The molecule has 108 valence electrons. The molecule has 0 fully saturated rings. The molecule has 0 saturated heterocycles. The number of nitrogens with one attached hydrogen (secondary N) is 1. The highest BCUT2D eigenvalue weighted by Gasteiger charge is 2.13. The Bertz CT molecular complexity index is 700. The molecule has 0 bridgehead atoms. The minimum atomic E-state index is -0.202. The third-order valence-electron chi connectivity index (χ3n) is 2.80. The lowest BCUT2D eigenvalue weighted by molar-refractivity contribution is 0.0940. The first kappa shape index (κ1) is 15.6. The van der Waals surface area contributed by atoms with E-state index >= 15 is 0 Å². The molecule has 0 aliphatic rings. The van der Waals surface area contributed by atoms with Crippen LogP contribution < -0.4 is 5.32 Å². The van der Waals surface area contributed by atoms with Crippen molar-refractivity contribution < 1.29 is 9.90 Å². The summed E-state index contributed by atoms with van der Waals surface area (Å²) in [5.41, 5.74) is 1.23. The van der Waals surface area contributed by atoms with Crippen LogP contribution in [0.4, 0.5) is 0 Å². The molecule has 0 aliphatic heterocycles. The number of carbonyl (C=O) groups excluding carboxylic acids is 1. The Morgan fingerprint density at radius 1 is 1.43 bits per heavy atom. The van der Waals surface area contributed by atoms with Crippen LogP contribution in [-0.4, -0.2) is 17.6 Å². The van der Waals surface area contributed by atoms with Crippen LogP contribution >= 0.6 is 22.9 Å². The Labute approximate surface area is 132 Å². The summed E-state index contributed by atoms with van der Waals surface area (Å²) in [6.07, 6.45) is 0. The van der Waals surface area contributed by atoms with E-state index in [0.717, 1.165) is 4.88 Å². The molecule has 1 unspecified atom stereocenters. The quantitative estimate of drug-likeness (QED) is 0.853. The lowest BCUT2D eigenvalue weighted by Crippen LogP contribution is -2.26. The number of aliphatic hydroxyl groups is 1. The van der Waals surface area contributed by atoms with Crippen molar-refractivity contribution in [1.29, 1.82) is 0 Å². The zero-order valence-electron chi connectivity index (χ0n) is 11.4. The number of halogens is 1. The van der Waals surface area contributed by atoms with E-state index in [1.54, 1.807) is 24.3 Å². The van der Waals surface area contributed by atoms with Gasteiger partial charge in [-0.25, -0.2) is 0 Å². The van der Waals surface area contributed by atoms with Crippen molar-refractivity contribution in [3.63, 3.8) is 0 Å². The van der Waals surface area contributed by atoms with Gasteiger partial charge in [-0.3, -0.25) is 4.79 Å². The van der Waals surface area contributed by atoms with Gasteiger partial charge in [-0.15, -0.1) is 11.3 Å². The molecule has 1 aromatic heterocycles. The van der Waals surface area contributed by atoms with Crippen molar-refractivity contribution >= 4 is 28.8 Å². The number of hydrogen-bond donors (Lipinski definition) is 2. The van der Waals surface area contributed by atoms with Gasteiger partial charge in [0.1, 0.15) is 6.61 Å². The normalized spacial score (nSPS) is 11.4. The summed E-state index contributed by atoms with van der Waals surface area (Å²) in [6.45, 7) is 1.71. The van der Waals surface area contributed by atoms with Crippen molar-refractivity contribution in [3.8, 4) is 11.8 Å². The Hall–Kier alpha value is -1.80. The summed E-state index contributed by atoms with van der Waals surface area (Å²) in [6, 6.07) is 10.6. The van der Waals surface area contributed by atoms with Crippen molar-refractivity contribution in [2.45, 2.75) is 13.0 Å². The Morgan fingerprint density at radius 3 is 2.90 bits per heavy atom. The van der Waals surface area contributed by atoms with Crippen LogP contribution in [0, 0.1) is 11.8 Å². The van der Waals surface area contributed by atoms with E-state index in [-0.39, 0.29) is 18.6 Å². The number of hydrogen-bond acceptors (Lipinski definition) is 3. The molecule has 2 rings (SSSR count). The van der Waals surface area contributed by atoms with Gasteiger partial charge >= 0.3 is 0 Å². The van der Waals surface area contributed by atoms with E-state index in [9.17, 15) is 4.79 Å². The highest BCUT2D eigenvalue weighted by molar-refractivity contribution is 7.16. The van der Waals surface area contributed by atoms with Crippen LogP contribution in [0.2, 0.25) is 4.34 Å². The summed E-state index contributed by atoms with van der Waals surface area (Å²) in [4.78, 5) is 13.2. The molecule has 21 heavy (non-hydrogen) atoms. The van der Waals surface area contributed by atoms with Gasteiger partial charge in [0.15, 0.2) is 0 Å². The van der Waals surface area contributed by atoms with E-state index in [1.165, 1.54) is 11.3 Å². The van der Waals surface area contributed by atoms with Crippen LogP contribution in [0.3, 0.4) is 0 Å². The molecule has 5 heteroatoms. The molecule has 0 radical (unpaired) electrons. The van der Waals surface area contributed by atoms with E-state index < -0.39 is 0 Å². The largest absolute Gasteiger partial charge is 0.384 e. The van der Waals surface area contributed by atoms with Gasteiger partial charge in [-0.05, 0) is 37.3 Å². The van der Waals surface area contributed by atoms with Gasteiger partial charge in [-0.1, -0.05) is 29.5 Å². The number of aliphatic hydroxyl groups excluding tert-OH is 1. The molecule has 2 aromatic rings. The SMILES string of the molecule is CC(NC(=O)c1cccc(C#CCO)c1)c1ccc(Cl)s1. The van der Waals surface area contributed by atoms with Crippen LogP contribution in [0.1, 0.15) is 33.8 Å². The highest BCUT2D eigenvalue weighted by atomic mass is 35.5. The number of rotatable bonds is 3. The monoisotopic (exact) mass is 319 g/mol. The first-order valence-corrected chi connectivity index (χ1v) is 7.55. The maximum Gasteiger partial charge on any atom is 0.251 e. The second kappa shape index (κ2) is 7.28. The average Bonchev–Trinajstić information content (AvgIpc) is 2.92. The van der Waals surface area contributed by atoms with E-state index in [4.69, 9.17) is 16.7 Å². The van der Waals surface area contributed by atoms with Crippen molar-refractivity contribution in [2.75, 3.05) is 6.61 Å².